The molecule has 4 nitrogen and oxygen atoms in total. The third-order valence-electron chi connectivity index (χ3n) is 4.64. The van der Waals surface area contributed by atoms with Crippen molar-refractivity contribution in [3.8, 4) is 5.69 Å². The van der Waals surface area contributed by atoms with Crippen molar-refractivity contribution in [2.45, 2.75) is 43.8 Å². The zero-order valence-corrected chi connectivity index (χ0v) is 15.3. The fourth-order valence-corrected chi connectivity index (χ4v) is 3.76. The third kappa shape index (κ3) is 3.88. The van der Waals surface area contributed by atoms with Gasteiger partial charge in [0.15, 0.2) is 0 Å². The number of amides is 1. The number of fused-ring (bicyclic) bond motifs is 1. The van der Waals surface area contributed by atoms with Crippen LogP contribution in [0.5, 0.6) is 0 Å². The lowest BCUT2D eigenvalue weighted by molar-refractivity contribution is -0.174. The number of carbonyl (C=O) groups excluding carboxylic acids is 1. The van der Waals surface area contributed by atoms with Crippen LogP contribution < -0.4 is 10.9 Å². The van der Waals surface area contributed by atoms with Gasteiger partial charge >= 0.3 is 12.1 Å². The summed E-state index contributed by atoms with van der Waals surface area (Å²) in [6, 6.07) is 9.24. The van der Waals surface area contributed by atoms with E-state index in [4.69, 9.17) is 11.6 Å². The maximum Gasteiger partial charge on any atom is 0.471 e. The van der Waals surface area contributed by atoms with E-state index in [2.05, 4.69) is 0 Å². The van der Waals surface area contributed by atoms with Gasteiger partial charge in [-0.15, -0.1) is 11.6 Å². The van der Waals surface area contributed by atoms with Gasteiger partial charge in [0.05, 0.1) is 11.4 Å². The Kier molecular flexibility index (Phi) is 5.33. The highest BCUT2D eigenvalue weighted by molar-refractivity contribution is 6.21. The number of rotatable bonds is 3. The van der Waals surface area contributed by atoms with Gasteiger partial charge in [-0.25, -0.2) is 0 Å². The van der Waals surface area contributed by atoms with Crippen LogP contribution in [-0.2, 0) is 11.2 Å². The van der Waals surface area contributed by atoms with Crippen molar-refractivity contribution in [3.05, 3.63) is 63.6 Å². The standard InChI is InChI=1S/C19H18ClF3N2O2/c1-11(24-18(27)19(21,22)23)15-10-12-6-5-9-14(20)16(12)17(26)25(15)13-7-3-2-4-8-13/h2-4,7-8,10-11,14H,5-6,9H2,1H3,(H,24,27)/t11-,14?/m0/s1. The molecule has 1 aromatic carbocycles. The van der Waals surface area contributed by atoms with E-state index in [1.165, 1.54) is 11.5 Å². The van der Waals surface area contributed by atoms with Crippen LogP contribution in [0.15, 0.2) is 41.2 Å². The van der Waals surface area contributed by atoms with Gasteiger partial charge in [-0.3, -0.25) is 14.2 Å². The summed E-state index contributed by atoms with van der Waals surface area (Å²) in [5.41, 5.74) is 1.63. The number of pyridine rings is 1. The Bertz CT molecular complexity index is 910. The van der Waals surface area contributed by atoms with Gasteiger partial charge in [0.1, 0.15) is 0 Å². The summed E-state index contributed by atoms with van der Waals surface area (Å²) < 4.78 is 39.3. The van der Waals surface area contributed by atoms with E-state index in [0.29, 0.717) is 24.1 Å². The molecule has 1 unspecified atom stereocenters. The van der Waals surface area contributed by atoms with E-state index in [0.717, 1.165) is 12.0 Å². The number of hydrogen-bond acceptors (Lipinski definition) is 2. The first-order chi connectivity index (χ1) is 12.7. The van der Waals surface area contributed by atoms with Crippen molar-refractivity contribution >= 4 is 17.5 Å². The molecule has 2 atom stereocenters. The number of benzene rings is 1. The molecule has 0 spiro atoms. The summed E-state index contributed by atoms with van der Waals surface area (Å²) in [5, 5.41) is 1.50. The van der Waals surface area contributed by atoms with E-state index < -0.39 is 23.5 Å². The monoisotopic (exact) mass is 398 g/mol. The molecule has 0 bridgehead atoms. The second-order valence-corrected chi connectivity index (χ2v) is 7.06. The topological polar surface area (TPSA) is 51.1 Å². The number of alkyl halides is 4. The summed E-state index contributed by atoms with van der Waals surface area (Å²) in [7, 11) is 0. The van der Waals surface area contributed by atoms with Gasteiger partial charge in [0.25, 0.3) is 5.56 Å². The molecule has 0 saturated carbocycles. The van der Waals surface area contributed by atoms with Crippen LogP contribution in [0.4, 0.5) is 13.2 Å². The van der Waals surface area contributed by atoms with Crippen molar-refractivity contribution in [3.63, 3.8) is 0 Å². The molecule has 1 amide bonds. The maximum atomic E-state index is 13.2. The van der Waals surface area contributed by atoms with Crippen molar-refractivity contribution in [2.24, 2.45) is 0 Å². The molecule has 1 aliphatic carbocycles. The second-order valence-electron chi connectivity index (χ2n) is 6.54. The van der Waals surface area contributed by atoms with Crippen molar-refractivity contribution in [1.29, 1.82) is 0 Å². The average Bonchev–Trinajstić information content (AvgIpc) is 2.61. The molecular formula is C19H18ClF3N2O2. The van der Waals surface area contributed by atoms with Crippen LogP contribution in [0.3, 0.4) is 0 Å². The summed E-state index contributed by atoms with van der Waals surface area (Å²) in [6.45, 7) is 1.42. The molecule has 8 heteroatoms. The molecule has 3 rings (SSSR count). The minimum Gasteiger partial charge on any atom is -0.340 e. The molecule has 0 fully saturated rings. The van der Waals surface area contributed by atoms with Crippen LogP contribution in [0, 0.1) is 0 Å². The molecule has 0 radical (unpaired) electrons. The first-order valence-corrected chi connectivity index (χ1v) is 8.99. The van der Waals surface area contributed by atoms with Gasteiger partial charge in [-0.1, -0.05) is 18.2 Å². The first kappa shape index (κ1) is 19.5. The van der Waals surface area contributed by atoms with Crippen LogP contribution in [0.2, 0.25) is 0 Å². The largest absolute Gasteiger partial charge is 0.471 e. The SMILES string of the molecule is C[C@H](NC(=O)C(F)(F)F)c1cc2c(c(=O)n1-c1ccccc1)C(Cl)CCC2. The van der Waals surface area contributed by atoms with E-state index in [-0.39, 0.29) is 11.3 Å². The molecule has 1 N–H and O–H groups in total. The second kappa shape index (κ2) is 7.38. The number of aryl methyl sites for hydroxylation is 1. The zero-order valence-electron chi connectivity index (χ0n) is 14.5. The highest BCUT2D eigenvalue weighted by Crippen LogP contribution is 2.34. The summed E-state index contributed by atoms with van der Waals surface area (Å²) in [5.74, 6) is -2.05. The number of nitrogens with zero attached hydrogens (tertiary/aromatic N) is 1. The summed E-state index contributed by atoms with van der Waals surface area (Å²) >= 11 is 6.36. The van der Waals surface area contributed by atoms with Gasteiger partial charge in [-0.2, -0.15) is 13.2 Å². The lowest BCUT2D eigenvalue weighted by atomic mass is 9.91. The van der Waals surface area contributed by atoms with E-state index in [1.54, 1.807) is 36.4 Å². The third-order valence-corrected chi connectivity index (χ3v) is 5.08. The van der Waals surface area contributed by atoms with Crippen molar-refractivity contribution < 1.29 is 18.0 Å². The molecule has 2 aromatic rings. The number of aromatic nitrogens is 1. The number of nitrogens with one attached hydrogen (secondary N) is 1. The molecule has 1 aliphatic rings. The predicted octanol–water partition coefficient (Wildman–Crippen LogP) is 4.19. The van der Waals surface area contributed by atoms with Crippen molar-refractivity contribution in [1.82, 2.24) is 9.88 Å². The molecular weight excluding hydrogens is 381 g/mol. The Labute approximate surface area is 159 Å². The van der Waals surface area contributed by atoms with Crippen LogP contribution in [-0.4, -0.2) is 16.7 Å². The minimum atomic E-state index is -5.00. The van der Waals surface area contributed by atoms with Crippen molar-refractivity contribution in [2.75, 3.05) is 0 Å². The molecule has 27 heavy (non-hydrogen) atoms. The normalized spacial score (nSPS) is 17.9. The number of carbonyl (C=O) groups is 1. The molecule has 1 aromatic heterocycles. The fraction of sp³-hybridized carbons (Fsp3) is 0.368. The molecule has 0 saturated heterocycles. The Balaban J connectivity index is 2.16. The molecule has 0 aliphatic heterocycles. The lowest BCUT2D eigenvalue weighted by Gasteiger charge is -2.26. The van der Waals surface area contributed by atoms with E-state index >= 15 is 0 Å². The molecule has 1 heterocycles. The maximum absolute atomic E-state index is 13.2. The van der Waals surface area contributed by atoms with Crippen LogP contribution in [0.25, 0.3) is 5.69 Å². The minimum absolute atomic E-state index is 0.285. The Hall–Kier alpha value is -2.28. The summed E-state index contributed by atoms with van der Waals surface area (Å²) in [4.78, 5) is 24.6. The number of hydrogen-bond donors (Lipinski definition) is 1. The average molecular weight is 399 g/mol. The van der Waals surface area contributed by atoms with Gasteiger partial charge in [-0.05, 0) is 49.9 Å². The Morgan fingerprint density at radius 3 is 2.59 bits per heavy atom. The highest BCUT2D eigenvalue weighted by Gasteiger charge is 2.40. The lowest BCUT2D eigenvalue weighted by Crippen LogP contribution is -2.40. The number of halogens is 4. The fourth-order valence-electron chi connectivity index (χ4n) is 3.37. The zero-order chi connectivity index (χ0) is 19.8. The highest BCUT2D eigenvalue weighted by atomic mass is 35.5. The predicted molar refractivity (Wildman–Crippen MR) is 96.2 cm³/mol. The van der Waals surface area contributed by atoms with E-state index in [1.807, 2.05) is 5.32 Å². The summed E-state index contributed by atoms with van der Waals surface area (Å²) in [6.07, 6.45) is -2.92. The van der Waals surface area contributed by atoms with Crippen LogP contribution >= 0.6 is 11.6 Å². The van der Waals surface area contributed by atoms with Gasteiger partial charge < -0.3 is 5.32 Å². The first-order valence-electron chi connectivity index (χ1n) is 8.56. The molecule has 144 valence electrons. The Morgan fingerprint density at radius 2 is 1.96 bits per heavy atom. The quantitative estimate of drug-likeness (QED) is 0.788. The smallest absolute Gasteiger partial charge is 0.340 e. The van der Waals surface area contributed by atoms with E-state index in [9.17, 15) is 22.8 Å². The van der Waals surface area contributed by atoms with Crippen LogP contribution in [0.1, 0.15) is 48.0 Å². The van der Waals surface area contributed by atoms with Gasteiger partial charge in [0, 0.05) is 16.9 Å². The number of para-hydroxylation sites is 1. The Morgan fingerprint density at radius 1 is 1.30 bits per heavy atom. The van der Waals surface area contributed by atoms with Gasteiger partial charge in [0.2, 0.25) is 0 Å².